The number of para-hydroxylation sites is 1. The second-order valence-corrected chi connectivity index (χ2v) is 5.33. The average Bonchev–Trinajstić information content (AvgIpc) is 2.96. The molecule has 0 saturated heterocycles. The van der Waals surface area contributed by atoms with Gasteiger partial charge in [0.25, 0.3) is 5.91 Å². The van der Waals surface area contributed by atoms with Crippen LogP contribution in [0.4, 0.5) is 0 Å². The average molecular weight is 322 g/mol. The van der Waals surface area contributed by atoms with E-state index >= 15 is 0 Å². The van der Waals surface area contributed by atoms with Crippen LogP contribution in [-0.4, -0.2) is 51.8 Å². The van der Waals surface area contributed by atoms with Crippen molar-refractivity contribution in [3.05, 3.63) is 41.2 Å². The standard InChI is InChI=1S/C14H16ClN5O2/c1-9(14(22)19(2)3)16-13(21)11-8-20(18-17-11)12-7-5-4-6-10(12)15/h4-9H,1-3H3,(H,16,21)/t9-/m0/s1. The van der Waals surface area contributed by atoms with Gasteiger partial charge in [-0.2, -0.15) is 0 Å². The molecule has 22 heavy (non-hydrogen) atoms. The highest BCUT2D eigenvalue weighted by Crippen LogP contribution is 2.18. The van der Waals surface area contributed by atoms with Gasteiger partial charge in [-0.25, -0.2) is 4.68 Å². The van der Waals surface area contributed by atoms with Gasteiger partial charge in [0.2, 0.25) is 5.91 Å². The van der Waals surface area contributed by atoms with E-state index in [1.54, 1.807) is 45.3 Å². The first kappa shape index (κ1) is 16.0. The van der Waals surface area contributed by atoms with Crippen molar-refractivity contribution < 1.29 is 9.59 Å². The lowest BCUT2D eigenvalue weighted by molar-refractivity contribution is -0.130. The van der Waals surface area contributed by atoms with E-state index in [2.05, 4.69) is 15.6 Å². The Labute approximate surface area is 132 Å². The summed E-state index contributed by atoms with van der Waals surface area (Å²) >= 11 is 6.07. The van der Waals surface area contributed by atoms with Gasteiger partial charge in [-0.1, -0.05) is 28.9 Å². The monoisotopic (exact) mass is 321 g/mol. The summed E-state index contributed by atoms with van der Waals surface area (Å²) < 4.78 is 1.41. The first-order chi connectivity index (χ1) is 10.4. The molecule has 0 radical (unpaired) electrons. The number of halogens is 1. The van der Waals surface area contributed by atoms with Crippen molar-refractivity contribution >= 4 is 23.4 Å². The fraction of sp³-hybridized carbons (Fsp3) is 0.286. The molecule has 0 aliphatic carbocycles. The molecule has 7 nitrogen and oxygen atoms in total. The second-order valence-electron chi connectivity index (χ2n) is 4.93. The predicted molar refractivity (Wildman–Crippen MR) is 82.0 cm³/mol. The van der Waals surface area contributed by atoms with E-state index in [9.17, 15) is 9.59 Å². The van der Waals surface area contributed by atoms with Crippen LogP contribution in [0.5, 0.6) is 0 Å². The number of amides is 2. The highest BCUT2D eigenvalue weighted by Gasteiger charge is 2.20. The fourth-order valence-corrected chi connectivity index (χ4v) is 2.07. The zero-order chi connectivity index (χ0) is 16.3. The molecule has 1 heterocycles. The molecule has 1 aromatic carbocycles. The van der Waals surface area contributed by atoms with Crippen molar-refractivity contribution in [2.75, 3.05) is 14.1 Å². The summed E-state index contributed by atoms with van der Waals surface area (Å²) in [5.74, 6) is -0.673. The van der Waals surface area contributed by atoms with Crippen LogP contribution in [-0.2, 0) is 4.79 Å². The predicted octanol–water partition coefficient (Wildman–Crippen LogP) is 1.13. The van der Waals surface area contributed by atoms with Crippen molar-refractivity contribution in [3.8, 4) is 5.69 Å². The Hall–Kier alpha value is -2.41. The van der Waals surface area contributed by atoms with Gasteiger partial charge in [0.15, 0.2) is 5.69 Å². The smallest absolute Gasteiger partial charge is 0.274 e. The quantitative estimate of drug-likeness (QED) is 0.915. The highest BCUT2D eigenvalue weighted by atomic mass is 35.5. The summed E-state index contributed by atoms with van der Waals surface area (Å²) in [6.45, 7) is 1.61. The Morgan fingerprint density at radius 3 is 2.64 bits per heavy atom. The van der Waals surface area contributed by atoms with Gasteiger partial charge in [0.05, 0.1) is 16.9 Å². The molecule has 1 aromatic heterocycles. The van der Waals surface area contributed by atoms with Crippen LogP contribution in [0.1, 0.15) is 17.4 Å². The molecule has 2 rings (SSSR count). The maximum Gasteiger partial charge on any atom is 0.274 e. The number of rotatable bonds is 4. The summed E-state index contributed by atoms with van der Waals surface area (Å²) in [6.07, 6.45) is 1.46. The van der Waals surface area contributed by atoms with E-state index in [0.29, 0.717) is 10.7 Å². The summed E-state index contributed by atoms with van der Waals surface area (Å²) in [6, 6.07) is 6.44. The van der Waals surface area contributed by atoms with E-state index in [4.69, 9.17) is 11.6 Å². The molecular formula is C14H16ClN5O2. The molecule has 2 aromatic rings. The number of nitrogens with zero attached hydrogens (tertiary/aromatic N) is 4. The first-order valence-corrected chi connectivity index (χ1v) is 6.97. The van der Waals surface area contributed by atoms with Gasteiger partial charge in [-0.15, -0.1) is 5.10 Å². The molecule has 0 unspecified atom stereocenters. The molecule has 0 saturated carbocycles. The maximum atomic E-state index is 12.1. The van der Waals surface area contributed by atoms with Crippen LogP contribution in [0.25, 0.3) is 5.69 Å². The number of nitrogens with one attached hydrogen (secondary N) is 1. The Morgan fingerprint density at radius 2 is 2.00 bits per heavy atom. The number of hydrogen-bond donors (Lipinski definition) is 1. The number of carbonyl (C=O) groups excluding carboxylic acids is 2. The minimum absolute atomic E-state index is 0.110. The molecule has 1 N–H and O–H groups in total. The summed E-state index contributed by atoms with van der Waals surface area (Å²) in [5.41, 5.74) is 0.728. The van der Waals surface area contributed by atoms with Gasteiger partial charge in [-0.3, -0.25) is 9.59 Å². The third-order valence-electron chi connectivity index (χ3n) is 2.98. The Kier molecular flexibility index (Phi) is 4.77. The summed E-state index contributed by atoms with van der Waals surface area (Å²) in [5, 5.41) is 10.8. The van der Waals surface area contributed by atoms with Crippen molar-refractivity contribution in [2.45, 2.75) is 13.0 Å². The summed E-state index contributed by atoms with van der Waals surface area (Å²) in [7, 11) is 3.25. The first-order valence-electron chi connectivity index (χ1n) is 6.59. The Morgan fingerprint density at radius 1 is 1.32 bits per heavy atom. The molecule has 0 bridgehead atoms. The molecular weight excluding hydrogens is 306 g/mol. The van der Waals surface area contributed by atoms with E-state index in [0.717, 1.165) is 0 Å². The minimum atomic E-state index is -0.645. The lowest BCUT2D eigenvalue weighted by Gasteiger charge is -2.17. The van der Waals surface area contributed by atoms with Crippen molar-refractivity contribution in [3.63, 3.8) is 0 Å². The molecule has 116 valence electrons. The van der Waals surface area contributed by atoms with Crippen molar-refractivity contribution in [1.82, 2.24) is 25.2 Å². The zero-order valence-electron chi connectivity index (χ0n) is 12.4. The number of likely N-dealkylation sites (N-methyl/N-ethyl adjacent to an activating group) is 1. The normalized spacial score (nSPS) is 11.8. The third kappa shape index (κ3) is 3.43. The molecule has 2 amide bonds. The van der Waals surface area contributed by atoms with Gasteiger partial charge < -0.3 is 10.2 Å². The van der Waals surface area contributed by atoms with Gasteiger partial charge >= 0.3 is 0 Å². The number of carbonyl (C=O) groups is 2. The van der Waals surface area contributed by atoms with Crippen LogP contribution in [0, 0.1) is 0 Å². The summed E-state index contributed by atoms with van der Waals surface area (Å²) in [4.78, 5) is 25.2. The lowest BCUT2D eigenvalue weighted by Crippen LogP contribution is -2.44. The topological polar surface area (TPSA) is 80.1 Å². The third-order valence-corrected chi connectivity index (χ3v) is 3.30. The van der Waals surface area contributed by atoms with Crippen LogP contribution < -0.4 is 5.32 Å². The number of aromatic nitrogens is 3. The maximum absolute atomic E-state index is 12.1. The number of hydrogen-bond acceptors (Lipinski definition) is 4. The van der Waals surface area contributed by atoms with Gasteiger partial charge in [-0.05, 0) is 19.1 Å². The SMILES string of the molecule is C[C@H](NC(=O)c1cn(-c2ccccc2Cl)nn1)C(=O)N(C)C. The van der Waals surface area contributed by atoms with Gasteiger partial charge in [0, 0.05) is 14.1 Å². The Balaban J connectivity index is 2.13. The van der Waals surface area contributed by atoms with E-state index in [1.165, 1.54) is 15.8 Å². The molecule has 8 heteroatoms. The van der Waals surface area contributed by atoms with Gasteiger partial charge in [0.1, 0.15) is 6.04 Å². The lowest BCUT2D eigenvalue weighted by atomic mass is 10.3. The van der Waals surface area contributed by atoms with Crippen molar-refractivity contribution in [2.24, 2.45) is 0 Å². The molecule has 1 atom stereocenters. The largest absolute Gasteiger partial charge is 0.347 e. The Bertz CT molecular complexity index is 698. The number of benzene rings is 1. The highest BCUT2D eigenvalue weighted by molar-refractivity contribution is 6.32. The van der Waals surface area contributed by atoms with Crippen LogP contribution >= 0.6 is 11.6 Å². The minimum Gasteiger partial charge on any atom is -0.347 e. The van der Waals surface area contributed by atoms with E-state index in [1.807, 2.05) is 0 Å². The van der Waals surface area contributed by atoms with Crippen LogP contribution in [0.15, 0.2) is 30.5 Å². The second kappa shape index (κ2) is 6.57. The molecule has 0 aliphatic rings. The van der Waals surface area contributed by atoms with E-state index < -0.39 is 11.9 Å². The van der Waals surface area contributed by atoms with Crippen molar-refractivity contribution in [1.29, 1.82) is 0 Å². The molecule has 0 fully saturated rings. The fourth-order valence-electron chi connectivity index (χ4n) is 1.84. The van der Waals surface area contributed by atoms with Crippen LogP contribution in [0.3, 0.4) is 0 Å². The van der Waals surface area contributed by atoms with Crippen LogP contribution in [0.2, 0.25) is 5.02 Å². The zero-order valence-corrected chi connectivity index (χ0v) is 13.2. The molecule has 0 aliphatic heterocycles. The molecule has 0 spiro atoms. The van der Waals surface area contributed by atoms with E-state index in [-0.39, 0.29) is 11.6 Å².